The molecule has 4 heterocycles. The fourth-order valence-corrected chi connectivity index (χ4v) is 3.35. The molecule has 1 fully saturated rings. The Morgan fingerprint density at radius 2 is 1.89 bits per heavy atom. The quantitative estimate of drug-likeness (QED) is 0.545. The van der Waals surface area contributed by atoms with Crippen molar-refractivity contribution in [3.8, 4) is 16.9 Å². The topological polar surface area (TPSA) is 81.9 Å². The molecule has 5 rings (SSSR count). The predicted molar refractivity (Wildman–Crippen MR) is 104 cm³/mol. The van der Waals surface area contributed by atoms with Crippen LogP contribution < -0.4 is 4.90 Å². The average molecular weight is 372 g/mol. The smallest absolute Gasteiger partial charge is 0.228 e. The molecule has 139 valence electrons. The molecule has 3 aromatic heterocycles. The molecule has 28 heavy (non-hydrogen) atoms. The van der Waals surface area contributed by atoms with Gasteiger partial charge in [-0.2, -0.15) is 4.98 Å². The second-order valence-corrected chi connectivity index (χ2v) is 6.67. The molecule has 0 amide bonds. The summed E-state index contributed by atoms with van der Waals surface area (Å²) >= 11 is 0. The molecule has 1 aromatic carbocycles. The summed E-state index contributed by atoms with van der Waals surface area (Å²) in [4.78, 5) is 24.5. The number of hydrogen-bond donors (Lipinski definition) is 0. The molecule has 0 bridgehead atoms. The molecule has 8 nitrogen and oxygen atoms in total. The number of nitrogens with zero attached hydrogens (tertiary/aromatic N) is 7. The Bertz CT molecular complexity index is 1120. The molecule has 0 spiro atoms. The van der Waals surface area contributed by atoms with Crippen LogP contribution >= 0.6 is 0 Å². The van der Waals surface area contributed by atoms with Gasteiger partial charge in [0.1, 0.15) is 17.5 Å². The monoisotopic (exact) mass is 372 g/mol. The van der Waals surface area contributed by atoms with Crippen molar-refractivity contribution in [1.29, 1.82) is 0 Å². The van der Waals surface area contributed by atoms with Crippen LogP contribution in [-0.4, -0.2) is 55.8 Å². The standard InChI is InChI=1S/C20H18N7O/c1-14-3-2-4-16(9-14)27-13-23-18-17(15-10-21-12-22-11-15)24-20(25-19(18)27)26-5-7-28-8-6-26/h2-4,9-11,13H,5-8H2,1H3. The maximum absolute atomic E-state index is 5.48. The van der Waals surface area contributed by atoms with Gasteiger partial charge in [0, 0.05) is 36.7 Å². The van der Waals surface area contributed by atoms with Crippen LogP contribution in [0.3, 0.4) is 0 Å². The summed E-state index contributed by atoms with van der Waals surface area (Å²) in [6, 6.07) is 8.26. The first-order valence-corrected chi connectivity index (χ1v) is 9.13. The van der Waals surface area contributed by atoms with Crippen molar-refractivity contribution >= 4 is 17.1 Å². The van der Waals surface area contributed by atoms with E-state index in [1.807, 2.05) is 16.7 Å². The summed E-state index contributed by atoms with van der Waals surface area (Å²) in [5, 5.41) is 0. The van der Waals surface area contributed by atoms with Crippen LogP contribution in [0.15, 0.2) is 43.0 Å². The summed E-state index contributed by atoms with van der Waals surface area (Å²) in [6.45, 7) is 4.90. The first-order chi connectivity index (χ1) is 13.8. The zero-order valence-electron chi connectivity index (χ0n) is 15.4. The number of ether oxygens (including phenoxy) is 1. The van der Waals surface area contributed by atoms with Gasteiger partial charge in [0.15, 0.2) is 12.0 Å². The Hall–Kier alpha value is -3.39. The van der Waals surface area contributed by atoms with Crippen LogP contribution in [0.2, 0.25) is 0 Å². The Morgan fingerprint density at radius 1 is 1.07 bits per heavy atom. The lowest BCUT2D eigenvalue weighted by Crippen LogP contribution is -2.37. The maximum atomic E-state index is 5.48. The minimum Gasteiger partial charge on any atom is -0.378 e. The van der Waals surface area contributed by atoms with Crippen LogP contribution in [0.25, 0.3) is 28.1 Å². The summed E-state index contributed by atoms with van der Waals surface area (Å²) in [6.07, 6.45) is 7.75. The van der Waals surface area contributed by atoms with Gasteiger partial charge in [0.25, 0.3) is 0 Å². The summed E-state index contributed by atoms with van der Waals surface area (Å²) < 4.78 is 7.47. The minimum absolute atomic E-state index is 0.660. The Balaban J connectivity index is 1.74. The predicted octanol–water partition coefficient (Wildman–Crippen LogP) is 2.22. The second-order valence-electron chi connectivity index (χ2n) is 6.67. The van der Waals surface area contributed by atoms with Gasteiger partial charge in [0.2, 0.25) is 5.95 Å². The van der Waals surface area contributed by atoms with E-state index in [4.69, 9.17) is 14.7 Å². The van der Waals surface area contributed by atoms with Crippen molar-refractivity contribution in [1.82, 2.24) is 29.5 Å². The van der Waals surface area contributed by atoms with Crippen molar-refractivity contribution < 1.29 is 4.74 Å². The molecule has 4 aromatic rings. The van der Waals surface area contributed by atoms with Gasteiger partial charge in [-0.1, -0.05) is 12.1 Å². The molecule has 1 aliphatic rings. The Morgan fingerprint density at radius 3 is 2.68 bits per heavy atom. The lowest BCUT2D eigenvalue weighted by molar-refractivity contribution is 0.122. The van der Waals surface area contributed by atoms with E-state index in [-0.39, 0.29) is 0 Å². The van der Waals surface area contributed by atoms with Crippen molar-refractivity contribution in [3.63, 3.8) is 0 Å². The lowest BCUT2D eigenvalue weighted by Gasteiger charge is -2.27. The van der Waals surface area contributed by atoms with Gasteiger partial charge < -0.3 is 9.64 Å². The zero-order valence-corrected chi connectivity index (χ0v) is 15.4. The zero-order chi connectivity index (χ0) is 18.9. The molecule has 1 saturated heterocycles. The van der Waals surface area contributed by atoms with Gasteiger partial charge in [0.05, 0.1) is 13.2 Å². The normalized spacial score (nSPS) is 14.5. The van der Waals surface area contributed by atoms with Crippen LogP contribution in [0, 0.1) is 13.3 Å². The summed E-state index contributed by atoms with van der Waals surface area (Å²) in [7, 11) is 0. The number of morpholine rings is 1. The number of anilines is 1. The van der Waals surface area contributed by atoms with E-state index >= 15 is 0 Å². The average Bonchev–Trinajstić information content (AvgIpc) is 3.18. The van der Waals surface area contributed by atoms with Gasteiger partial charge in [-0.15, -0.1) is 0 Å². The van der Waals surface area contributed by atoms with E-state index in [1.54, 1.807) is 18.7 Å². The molecule has 1 radical (unpaired) electrons. The van der Waals surface area contributed by atoms with E-state index in [0.29, 0.717) is 30.4 Å². The van der Waals surface area contributed by atoms with Crippen molar-refractivity contribution in [2.45, 2.75) is 6.92 Å². The highest BCUT2D eigenvalue weighted by Crippen LogP contribution is 2.28. The number of fused-ring (bicyclic) bond motifs is 1. The highest BCUT2D eigenvalue weighted by Gasteiger charge is 2.20. The molecule has 8 heteroatoms. The lowest BCUT2D eigenvalue weighted by atomic mass is 10.2. The number of aromatic nitrogens is 6. The van der Waals surface area contributed by atoms with E-state index in [9.17, 15) is 0 Å². The first-order valence-electron chi connectivity index (χ1n) is 9.13. The van der Waals surface area contributed by atoms with Crippen LogP contribution in [0.1, 0.15) is 5.56 Å². The fraction of sp³-hybridized carbons (Fsp3) is 0.250. The molecule has 0 aliphatic carbocycles. The highest BCUT2D eigenvalue weighted by molar-refractivity contribution is 5.89. The summed E-state index contributed by atoms with van der Waals surface area (Å²) in [5.41, 5.74) is 5.16. The molecule has 0 unspecified atom stereocenters. The van der Waals surface area contributed by atoms with Crippen molar-refractivity contribution in [3.05, 3.63) is 54.9 Å². The van der Waals surface area contributed by atoms with E-state index < -0.39 is 0 Å². The molecule has 0 atom stereocenters. The molecule has 1 aliphatic heterocycles. The molecular weight excluding hydrogens is 354 g/mol. The third-order valence-corrected chi connectivity index (χ3v) is 4.75. The third kappa shape index (κ3) is 2.97. The Labute approximate surface area is 161 Å². The largest absolute Gasteiger partial charge is 0.378 e. The van der Waals surface area contributed by atoms with Crippen molar-refractivity contribution in [2.75, 3.05) is 31.2 Å². The van der Waals surface area contributed by atoms with Gasteiger partial charge >= 0.3 is 0 Å². The summed E-state index contributed by atoms with van der Waals surface area (Å²) in [5.74, 6) is 0.660. The number of aryl methyl sites for hydroxylation is 1. The maximum Gasteiger partial charge on any atom is 0.228 e. The second kappa shape index (κ2) is 6.97. The van der Waals surface area contributed by atoms with E-state index in [1.165, 1.54) is 5.56 Å². The molecule has 0 saturated carbocycles. The highest BCUT2D eigenvalue weighted by atomic mass is 16.5. The van der Waals surface area contributed by atoms with Gasteiger partial charge in [-0.25, -0.2) is 19.9 Å². The van der Waals surface area contributed by atoms with Gasteiger partial charge in [-0.05, 0) is 24.6 Å². The van der Waals surface area contributed by atoms with Gasteiger partial charge in [-0.3, -0.25) is 4.57 Å². The third-order valence-electron chi connectivity index (χ3n) is 4.75. The van der Waals surface area contributed by atoms with Crippen LogP contribution in [0.4, 0.5) is 5.95 Å². The number of rotatable bonds is 3. The molecular formula is C20H18N7O. The Kier molecular flexibility index (Phi) is 4.17. The number of hydrogen-bond acceptors (Lipinski definition) is 7. The van der Waals surface area contributed by atoms with E-state index in [0.717, 1.165) is 30.0 Å². The SMILES string of the molecule is Cc1cccc(-n2cnc3c(-c4cn[c]nc4)nc(N4CCOCC4)nc32)c1. The minimum atomic E-state index is 0.660. The number of imidazole rings is 1. The van der Waals surface area contributed by atoms with Crippen molar-refractivity contribution in [2.24, 2.45) is 0 Å². The van der Waals surface area contributed by atoms with E-state index in [2.05, 4.69) is 45.2 Å². The molecule has 0 N–H and O–H groups in total. The fourth-order valence-electron chi connectivity index (χ4n) is 3.35. The van der Waals surface area contributed by atoms with Crippen LogP contribution in [-0.2, 0) is 4.74 Å². The number of benzene rings is 1. The van der Waals surface area contributed by atoms with Crippen LogP contribution in [0.5, 0.6) is 0 Å². The first kappa shape index (κ1) is 16.8.